The molecule has 0 amide bonds. The normalized spacial score (nSPS) is 17.8. The number of rotatable bonds is 5. The smallest absolute Gasteiger partial charge is 0.334 e. The third-order valence-electron chi connectivity index (χ3n) is 3.58. The molecule has 0 radical (unpaired) electrons. The Balaban J connectivity index is 2.28. The number of ether oxygens (including phenoxy) is 1. The first-order chi connectivity index (χ1) is 13.1. The fourth-order valence-electron chi connectivity index (χ4n) is 2.17. The third-order valence-corrected chi connectivity index (χ3v) is 4.49. The molecule has 0 saturated carbocycles. The SMILES string of the molecule is C=C1/C=C\C=C/CC(=O)c2cc(/C(O)=C/C(=O)OCCS(C)(=O)=O)oc2C1=O. The van der Waals surface area contributed by atoms with Gasteiger partial charge in [0.1, 0.15) is 6.61 Å². The highest BCUT2D eigenvalue weighted by molar-refractivity contribution is 7.90. The van der Waals surface area contributed by atoms with Gasteiger partial charge in [-0.1, -0.05) is 30.9 Å². The van der Waals surface area contributed by atoms with Gasteiger partial charge in [0.25, 0.3) is 0 Å². The van der Waals surface area contributed by atoms with E-state index in [4.69, 9.17) is 4.42 Å². The van der Waals surface area contributed by atoms with Gasteiger partial charge in [-0.3, -0.25) is 9.59 Å². The summed E-state index contributed by atoms with van der Waals surface area (Å²) in [5.41, 5.74) is 0.0247. The first-order valence-electron chi connectivity index (χ1n) is 8.08. The summed E-state index contributed by atoms with van der Waals surface area (Å²) < 4.78 is 32.0. The number of hydrogen-bond acceptors (Lipinski definition) is 8. The van der Waals surface area contributed by atoms with E-state index in [9.17, 15) is 27.9 Å². The van der Waals surface area contributed by atoms with Crippen LogP contribution in [0.15, 0.2) is 53.0 Å². The maximum atomic E-state index is 12.4. The van der Waals surface area contributed by atoms with Crippen LogP contribution in [0.3, 0.4) is 0 Å². The van der Waals surface area contributed by atoms with Crippen LogP contribution >= 0.6 is 0 Å². The molecule has 0 spiro atoms. The number of aliphatic hydroxyl groups is 1. The van der Waals surface area contributed by atoms with Crippen LogP contribution < -0.4 is 0 Å². The predicted molar refractivity (Wildman–Crippen MR) is 101 cm³/mol. The Bertz CT molecular complexity index is 1020. The van der Waals surface area contributed by atoms with E-state index in [0.717, 1.165) is 12.3 Å². The maximum Gasteiger partial charge on any atom is 0.334 e. The van der Waals surface area contributed by atoms with Gasteiger partial charge in [0.05, 0.1) is 17.4 Å². The minimum absolute atomic E-state index is 0.00801. The Hall–Kier alpha value is -3.20. The Labute approximate surface area is 161 Å². The Kier molecular flexibility index (Phi) is 6.53. The number of Topliss-reactive ketones (excluding diaryl/α,β-unsaturated/α-hetero) is 2. The van der Waals surface area contributed by atoms with Crippen LogP contribution in [0.5, 0.6) is 0 Å². The molecular weight excluding hydrogens is 388 g/mol. The van der Waals surface area contributed by atoms with E-state index >= 15 is 0 Å². The van der Waals surface area contributed by atoms with Crippen LogP contribution in [0.1, 0.15) is 33.1 Å². The molecule has 1 heterocycles. The topological polar surface area (TPSA) is 128 Å². The van der Waals surface area contributed by atoms with Crippen molar-refractivity contribution in [2.45, 2.75) is 6.42 Å². The largest absolute Gasteiger partial charge is 0.504 e. The van der Waals surface area contributed by atoms with Gasteiger partial charge in [0.15, 0.2) is 32.9 Å². The summed E-state index contributed by atoms with van der Waals surface area (Å²) in [5.74, 6) is -3.68. The summed E-state index contributed by atoms with van der Waals surface area (Å²) in [5, 5.41) is 10.1. The minimum Gasteiger partial charge on any atom is -0.504 e. The van der Waals surface area contributed by atoms with Crippen molar-refractivity contribution in [3.63, 3.8) is 0 Å². The first-order valence-corrected chi connectivity index (χ1v) is 10.1. The zero-order valence-corrected chi connectivity index (χ0v) is 15.8. The summed E-state index contributed by atoms with van der Waals surface area (Å²) >= 11 is 0. The van der Waals surface area contributed by atoms with Crippen LogP contribution in [-0.2, 0) is 19.4 Å². The van der Waals surface area contributed by atoms with Crippen LogP contribution in [0.4, 0.5) is 0 Å². The molecule has 0 aliphatic heterocycles. The van der Waals surface area contributed by atoms with Gasteiger partial charge in [-0.2, -0.15) is 0 Å². The van der Waals surface area contributed by atoms with Crippen LogP contribution in [0.2, 0.25) is 0 Å². The number of allylic oxidation sites excluding steroid dienone is 5. The lowest BCUT2D eigenvalue weighted by atomic mass is 10.0. The van der Waals surface area contributed by atoms with Gasteiger partial charge in [-0.15, -0.1) is 0 Å². The van der Waals surface area contributed by atoms with E-state index in [0.29, 0.717) is 6.08 Å². The fraction of sp³-hybridized carbons (Fsp3) is 0.211. The summed E-state index contributed by atoms with van der Waals surface area (Å²) in [4.78, 5) is 36.4. The second kappa shape index (κ2) is 8.66. The zero-order chi connectivity index (χ0) is 20.9. The van der Waals surface area contributed by atoms with E-state index in [-0.39, 0.29) is 41.4 Å². The Morgan fingerprint density at radius 1 is 1.36 bits per heavy atom. The molecule has 1 N–H and O–H groups in total. The van der Waals surface area contributed by atoms with E-state index in [1.54, 1.807) is 18.2 Å². The molecule has 1 aliphatic rings. The molecule has 0 bridgehead atoms. The van der Waals surface area contributed by atoms with Crippen LogP contribution in [-0.4, -0.2) is 49.7 Å². The van der Waals surface area contributed by atoms with Crippen LogP contribution in [0, 0.1) is 0 Å². The van der Waals surface area contributed by atoms with E-state index in [1.807, 2.05) is 0 Å². The van der Waals surface area contributed by atoms with Crippen molar-refractivity contribution in [3.05, 3.63) is 65.7 Å². The molecule has 0 aromatic carbocycles. The highest BCUT2D eigenvalue weighted by atomic mass is 32.2. The number of esters is 1. The average molecular weight is 406 g/mol. The predicted octanol–water partition coefficient (Wildman–Crippen LogP) is 2.20. The summed E-state index contributed by atoms with van der Waals surface area (Å²) in [6.07, 6.45) is 7.87. The van der Waals surface area contributed by atoms with Crippen molar-refractivity contribution in [2.24, 2.45) is 0 Å². The van der Waals surface area contributed by atoms with Gasteiger partial charge in [0, 0.05) is 18.2 Å². The summed E-state index contributed by atoms with van der Waals surface area (Å²) in [6.45, 7) is 3.22. The second-order valence-electron chi connectivity index (χ2n) is 5.95. The second-order valence-corrected chi connectivity index (χ2v) is 8.21. The van der Waals surface area contributed by atoms with Crippen molar-refractivity contribution < 1.29 is 37.1 Å². The van der Waals surface area contributed by atoms with Gasteiger partial charge in [-0.05, 0) is 6.07 Å². The number of ketones is 2. The minimum atomic E-state index is -3.31. The molecule has 8 nitrogen and oxygen atoms in total. The monoisotopic (exact) mass is 406 g/mol. The standard InChI is InChI=1S/C19H18O8S/c1-12-6-4-3-5-7-14(20)13-10-16(27-19(13)18(12)23)15(21)11-17(22)26-8-9-28(2,24)25/h3-6,10-11,21H,1,7-9H2,2H3/b5-3-,6-4-,15-11-. The lowest BCUT2D eigenvalue weighted by molar-refractivity contribution is -0.137. The molecule has 0 atom stereocenters. The van der Waals surface area contributed by atoms with Gasteiger partial charge >= 0.3 is 5.97 Å². The lowest BCUT2D eigenvalue weighted by Gasteiger charge is -2.02. The number of hydrogen-bond donors (Lipinski definition) is 1. The number of fused-ring (bicyclic) bond motifs is 1. The Morgan fingerprint density at radius 2 is 2.07 bits per heavy atom. The number of aliphatic hydroxyl groups excluding tert-OH is 1. The number of sulfone groups is 1. The van der Waals surface area contributed by atoms with E-state index in [1.165, 1.54) is 6.08 Å². The van der Waals surface area contributed by atoms with E-state index in [2.05, 4.69) is 11.3 Å². The van der Waals surface area contributed by atoms with Crippen molar-refractivity contribution in [1.29, 1.82) is 0 Å². The molecule has 0 saturated heterocycles. The lowest BCUT2D eigenvalue weighted by Crippen LogP contribution is -2.13. The maximum absolute atomic E-state index is 12.4. The third kappa shape index (κ3) is 5.65. The fourth-order valence-corrected chi connectivity index (χ4v) is 2.55. The van der Waals surface area contributed by atoms with Gasteiger partial charge in [0.2, 0.25) is 5.78 Å². The van der Waals surface area contributed by atoms with Crippen molar-refractivity contribution in [2.75, 3.05) is 18.6 Å². The Morgan fingerprint density at radius 3 is 2.75 bits per heavy atom. The summed E-state index contributed by atoms with van der Waals surface area (Å²) in [6, 6.07) is 1.15. The number of carbonyl (C=O) groups is 3. The van der Waals surface area contributed by atoms with Gasteiger partial charge in [-0.25, -0.2) is 13.2 Å². The highest BCUT2D eigenvalue weighted by Crippen LogP contribution is 2.25. The first kappa shape index (κ1) is 21.1. The quantitative estimate of drug-likeness (QED) is 0.448. The molecule has 1 aromatic heterocycles. The molecule has 2 rings (SSSR count). The number of furan rings is 1. The van der Waals surface area contributed by atoms with E-state index < -0.39 is 33.1 Å². The van der Waals surface area contributed by atoms with Crippen molar-refractivity contribution >= 4 is 33.1 Å². The molecular formula is C19H18O8S. The molecule has 0 fully saturated rings. The molecule has 148 valence electrons. The van der Waals surface area contributed by atoms with Crippen molar-refractivity contribution in [1.82, 2.24) is 0 Å². The number of carbonyl (C=O) groups excluding carboxylic acids is 3. The average Bonchev–Trinajstić information content (AvgIpc) is 3.04. The van der Waals surface area contributed by atoms with Crippen LogP contribution in [0.25, 0.3) is 5.76 Å². The summed E-state index contributed by atoms with van der Waals surface area (Å²) in [7, 11) is -3.31. The molecule has 28 heavy (non-hydrogen) atoms. The molecule has 9 heteroatoms. The zero-order valence-electron chi connectivity index (χ0n) is 15.0. The molecule has 1 aromatic rings. The van der Waals surface area contributed by atoms with Gasteiger partial charge < -0.3 is 14.3 Å². The molecule has 1 aliphatic carbocycles. The van der Waals surface area contributed by atoms with Crippen molar-refractivity contribution in [3.8, 4) is 0 Å². The highest BCUT2D eigenvalue weighted by Gasteiger charge is 2.25. The molecule has 0 unspecified atom stereocenters.